The van der Waals surface area contributed by atoms with E-state index >= 15 is 0 Å². The van der Waals surface area contributed by atoms with Gasteiger partial charge in [0.05, 0.1) is 13.2 Å². The number of hydrogen-bond acceptors (Lipinski definition) is 1. The van der Waals surface area contributed by atoms with Crippen LogP contribution in [0.4, 0.5) is 0 Å². The molecule has 1 heteroatoms. The SMILES string of the molecule is C=C/C=C(\C=C)c1ccc(COCc2ccc(C=C)cc2)cc1. The Balaban J connectivity index is 1.90. The molecule has 0 aliphatic rings. The Morgan fingerprint density at radius 3 is 1.87 bits per heavy atom. The summed E-state index contributed by atoms with van der Waals surface area (Å²) in [5.41, 5.74) is 5.63. The molecule has 0 aliphatic heterocycles. The lowest BCUT2D eigenvalue weighted by Crippen LogP contribution is -1.94. The van der Waals surface area contributed by atoms with Gasteiger partial charge in [0, 0.05) is 0 Å². The molecule has 2 aromatic rings. The Morgan fingerprint density at radius 2 is 1.39 bits per heavy atom. The summed E-state index contributed by atoms with van der Waals surface area (Å²) in [6.07, 6.45) is 7.39. The molecule has 2 rings (SSSR count). The fraction of sp³-hybridized carbons (Fsp3) is 0.0909. The van der Waals surface area contributed by atoms with Crippen LogP contribution in [-0.2, 0) is 18.0 Å². The molecule has 23 heavy (non-hydrogen) atoms. The molecule has 0 amide bonds. The summed E-state index contributed by atoms with van der Waals surface area (Å²) in [7, 11) is 0. The molecule has 0 spiro atoms. The smallest absolute Gasteiger partial charge is 0.0721 e. The first-order valence-electron chi connectivity index (χ1n) is 7.60. The molecule has 0 heterocycles. The van der Waals surface area contributed by atoms with Gasteiger partial charge < -0.3 is 4.74 Å². The topological polar surface area (TPSA) is 9.23 Å². The van der Waals surface area contributed by atoms with Gasteiger partial charge in [-0.15, -0.1) is 0 Å². The molecule has 0 saturated carbocycles. The normalized spacial score (nSPS) is 11.0. The van der Waals surface area contributed by atoms with Crippen molar-refractivity contribution in [3.63, 3.8) is 0 Å². The van der Waals surface area contributed by atoms with E-state index in [2.05, 4.69) is 56.1 Å². The predicted molar refractivity (Wildman–Crippen MR) is 99.8 cm³/mol. The van der Waals surface area contributed by atoms with E-state index in [9.17, 15) is 0 Å². The standard InChI is InChI=1S/C22H22O/c1-4-7-21(6-3)22-14-12-20(13-15-22)17-23-16-19-10-8-18(5-2)9-11-19/h4-15H,1-3,16-17H2/b21-7+. The number of rotatable bonds is 8. The number of ether oxygens (including phenoxy) is 1. The highest BCUT2D eigenvalue weighted by Crippen LogP contribution is 2.17. The highest BCUT2D eigenvalue weighted by atomic mass is 16.5. The Hall–Kier alpha value is -2.64. The van der Waals surface area contributed by atoms with E-state index in [1.54, 1.807) is 6.08 Å². The van der Waals surface area contributed by atoms with Crippen LogP contribution in [-0.4, -0.2) is 0 Å². The van der Waals surface area contributed by atoms with E-state index in [0.29, 0.717) is 13.2 Å². The zero-order valence-electron chi connectivity index (χ0n) is 13.4. The molecular formula is C22H22O. The summed E-state index contributed by atoms with van der Waals surface area (Å²) in [6, 6.07) is 16.5. The third-order valence-corrected chi connectivity index (χ3v) is 3.56. The summed E-state index contributed by atoms with van der Waals surface area (Å²) in [6.45, 7) is 12.5. The van der Waals surface area contributed by atoms with Gasteiger partial charge in [-0.2, -0.15) is 0 Å². The fourth-order valence-electron chi connectivity index (χ4n) is 2.24. The maximum Gasteiger partial charge on any atom is 0.0721 e. The maximum absolute atomic E-state index is 5.78. The van der Waals surface area contributed by atoms with Crippen molar-refractivity contribution in [1.82, 2.24) is 0 Å². The Morgan fingerprint density at radius 1 is 0.826 bits per heavy atom. The lowest BCUT2D eigenvalue weighted by atomic mass is 10.0. The van der Waals surface area contributed by atoms with Gasteiger partial charge in [-0.3, -0.25) is 0 Å². The van der Waals surface area contributed by atoms with E-state index in [4.69, 9.17) is 4.74 Å². The number of allylic oxidation sites excluding steroid dienone is 4. The highest BCUT2D eigenvalue weighted by molar-refractivity contribution is 5.74. The second-order valence-corrected chi connectivity index (χ2v) is 5.20. The molecular weight excluding hydrogens is 280 g/mol. The summed E-state index contributed by atoms with van der Waals surface area (Å²) in [4.78, 5) is 0. The van der Waals surface area contributed by atoms with Gasteiger partial charge in [0.25, 0.3) is 0 Å². The Kier molecular flexibility index (Phi) is 6.34. The molecule has 0 atom stereocenters. The van der Waals surface area contributed by atoms with Gasteiger partial charge in [-0.25, -0.2) is 0 Å². The molecule has 0 N–H and O–H groups in total. The summed E-state index contributed by atoms with van der Waals surface area (Å²) in [5.74, 6) is 0. The number of hydrogen-bond donors (Lipinski definition) is 0. The Bertz CT molecular complexity index is 688. The minimum Gasteiger partial charge on any atom is -0.372 e. The van der Waals surface area contributed by atoms with Gasteiger partial charge in [-0.1, -0.05) is 92.6 Å². The quantitative estimate of drug-likeness (QED) is 0.560. The summed E-state index contributed by atoms with van der Waals surface area (Å²) < 4.78 is 5.78. The van der Waals surface area contributed by atoms with Crippen LogP contribution >= 0.6 is 0 Å². The minimum absolute atomic E-state index is 0.595. The van der Waals surface area contributed by atoms with Crippen LogP contribution in [0.25, 0.3) is 11.6 Å². The van der Waals surface area contributed by atoms with E-state index in [0.717, 1.165) is 27.8 Å². The molecule has 0 unspecified atom stereocenters. The molecule has 0 saturated heterocycles. The minimum atomic E-state index is 0.595. The molecule has 0 radical (unpaired) electrons. The van der Waals surface area contributed by atoms with Crippen LogP contribution in [0, 0.1) is 0 Å². The lowest BCUT2D eigenvalue weighted by Gasteiger charge is -2.07. The first-order valence-corrected chi connectivity index (χ1v) is 7.60. The summed E-state index contributed by atoms with van der Waals surface area (Å²) >= 11 is 0. The third kappa shape index (κ3) is 4.94. The molecule has 2 aromatic carbocycles. The van der Waals surface area contributed by atoms with E-state index < -0.39 is 0 Å². The van der Waals surface area contributed by atoms with Crippen LogP contribution in [0.1, 0.15) is 22.3 Å². The molecule has 1 nitrogen and oxygen atoms in total. The summed E-state index contributed by atoms with van der Waals surface area (Å²) in [5, 5.41) is 0. The first kappa shape index (κ1) is 16.7. The van der Waals surface area contributed by atoms with E-state index in [-0.39, 0.29) is 0 Å². The van der Waals surface area contributed by atoms with Crippen molar-refractivity contribution in [1.29, 1.82) is 0 Å². The zero-order valence-corrected chi connectivity index (χ0v) is 13.4. The third-order valence-electron chi connectivity index (χ3n) is 3.56. The average Bonchev–Trinajstić information content (AvgIpc) is 2.61. The second kappa shape index (κ2) is 8.72. The van der Waals surface area contributed by atoms with Gasteiger partial charge in [0.15, 0.2) is 0 Å². The molecule has 0 aliphatic carbocycles. The van der Waals surface area contributed by atoms with Crippen molar-refractivity contribution in [3.8, 4) is 0 Å². The molecule has 0 bridgehead atoms. The van der Waals surface area contributed by atoms with Crippen molar-refractivity contribution >= 4 is 11.6 Å². The fourth-order valence-corrected chi connectivity index (χ4v) is 2.24. The van der Waals surface area contributed by atoms with Crippen LogP contribution in [0.3, 0.4) is 0 Å². The van der Waals surface area contributed by atoms with E-state index in [1.165, 1.54) is 0 Å². The first-order chi connectivity index (χ1) is 11.3. The number of benzene rings is 2. The van der Waals surface area contributed by atoms with Crippen molar-refractivity contribution in [2.24, 2.45) is 0 Å². The van der Waals surface area contributed by atoms with Crippen LogP contribution in [0.15, 0.2) is 86.5 Å². The second-order valence-electron chi connectivity index (χ2n) is 5.20. The monoisotopic (exact) mass is 302 g/mol. The van der Waals surface area contributed by atoms with Crippen molar-refractivity contribution in [2.75, 3.05) is 0 Å². The average molecular weight is 302 g/mol. The predicted octanol–water partition coefficient (Wildman–Crippen LogP) is 5.80. The van der Waals surface area contributed by atoms with Crippen molar-refractivity contribution in [3.05, 3.63) is 109 Å². The van der Waals surface area contributed by atoms with Crippen molar-refractivity contribution in [2.45, 2.75) is 13.2 Å². The Labute approximate surface area is 138 Å². The molecule has 0 aromatic heterocycles. The lowest BCUT2D eigenvalue weighted by molar-refractivity contribution is 0.107. The van der Waals surface area contributed by atoms with Gasteiger partial charge in [0.1, 0.15) is 0 Å². The maximum atomic E-state index is 5.78. The van der Waals surface area contributed by atoms with Crippen LogP contribution in [0.2, 0.25) is 0 Å². The van der Waals surface area contributed by atoms with Crippen LogP contribution in [0.5, 0.6) is 0 Å². The largest absolute Gasteiger partial charge is 0.372 e. The van der Waals surface area contributed by atoms with E-state index in [1.807, 2.05) is 30.4 Å². The van der Waals surface area contributed by atoms with Gasteiger partial charge >= 0.3 is 0 Å². The highest BCUT2D eigenvalue weighted by Gasteiger charge is 1.99. The molecule has 0 fully saturated rings. The van der Waals surface area contributed by atoms with Gasteiger partial charge in [0.2, 0.25) is 0 Å². The van der Waals surface area contributed by atoms with Crippen LogP contribution < -0.4 is 0 Å². The van der Waals surface area contributed by atoms with Gasteiger partial charge in [-0.05, 0) is 27.8 Å². The zero-order chi connectivity index (χ0) is 16.5. The van der Waals surface area contributed by atoms with Crippen molar-refractivity contribution < 1.29 is 4.74 Å². The molecule has 116 valence electrons.